The molecule has 0 fully saturated rings. The van der Waals surface area contributed by atoms with E-state index in [0.29, 0.717) is 24.6 Å². The van der Waals surface area contributed by atoms with Gasteiger partial charge in [-0.15, -0.1) is 0 Å². The highest BCUT2D eigenvalue weighted by molar-refractivity contribution is 5.98. The fourth-order valence-corrected chi connectivity index (χ4v) is 4.35. The van der Waals surface area contributed by atoms with Crippen molar-refractivity contribution in [1.82, 2.24) is 9.13 Å². The molecule has 34 heavy (non-hydrogen) atoms. The Hall–Kier alpha value is -4.14. The second-order valence-electron chi connectivity index (χ2n) is 8.04. The van der Waals surface area contributed by atoms with Gasteiger partial charge < -0.3 is 9.47 Å². The van der Waals surface area contributed by atoms with Gasteiger partial charge in [-0.25, -0.2) is 9.13 Å². The van der Waals surface area contributed by atoms with Crippen molar-refractivity contribution in [2.45, 2.75) is 13.2 Å². The normalized spacial score (nSPS) is 11.6. The zero-order chi connectivity index (χ0) is 24.0. The molecule has 0 radical (unpaired) electrons. The first-order valence-electron chi connectivity index (χ1n) is 10.6. The standard InChI is InChI=1S/C26H20N2O6/c1-33-13-15-5-3-7-17(9-15)27-23(29)19-11-21-22(12-20(19)24(27)30)26(32)28(25(21)31)18-8-4-6-16(10-18)14-34-2/h3-12H,13-14H2,1-2H3. The number of hydrogen-bond donors (Lipinski definition) is 0. The lowest BCUT2D eigenvalue weighted by molar-refractivity contribution is 0.185. The van der Waals surface area contributed by atoms with E-state index in [4.69, 9.17) is 9.47 Å². The second kappa shape index (κ2) is 8.33. The number of ether oxygens (including phenoxy) is 2. The molecule has 2 heterocycles. The molecule has 0 N–H and O–H groups in total. The smallest absolute Gasteiger partial charge is 0.266 e. The Morgan fingerprint density at radius 2 is 0.912 bits per heavy atom. The van der Waals surface area contributed by atoms with Crippen LogP contribution in [-0.2, 0) is 22.7 Å². The highest BCUT2D eigenvalue weighted by Gasteiger charge is 2.21. The van der Waals surface area contributed by atoms with Gasteiger partial charge in [-0.05, 0) is 47.5 Å². The van der Waals surface area contributed by atoms with Crippen LogP contribution in [0.15, 0.2) is 79.8 Å². The quantitative estimate of drug-likeness (QED) is 0.389. The van der Waals surface area contributed by atoms with E-state index in [1.165, 1.54) is 12.1 Å². The van der Waals surface area contributed by atoms with Crippen LogP contribution in [0.25, 0.3) is 32.9 Å². The summed E-state index contributed by atoms with van der Waals surface area (Å²) in [6, 6.07) is 16.5. The minimum Gasteiger partial charge on any atom is -0.380 e. The average molecular weight is 456 g/mol. The molecule has 170 valence electrons. The maximum Gasteiger partial charge on any atom is 0.266 e. The van der Waals surface area contributed by atoms with Crippen LogP contribution in [0.2, 0.25) is 0 Å². The third-order valence-corrected chi connectivity index (χ3v) is 5.85. The number of benzene rings is 3. The van der Waals surface area contributed by atoms with Crippen LogP contribution < -0.4 is 22.2 Å². The molecule has 0 unspecified atom stereocenters. The van der Waals surface area contributed by atoms with Crippen molar-refractivity contribution in [2.75, 3.05) is 14.2 Å². The molecule has 0 atom stereocenters. The molecule has 0 aliphatic heterocycles. The predicted molar refractivity (Wildman–Crippen MR) is 129 cm³/mol. The molecular formula is C26H20N2O6. The Kier molecular flexibility index (Phi) is 5.31. The third kappa shape index (κ3) is 3.32. The fourth-order valence-electron chi connectivity index (χ4n) is 4.35. The van der Waals surface area contributed by atoms with E-state index in [1.807, 2.05) is 12.1 Å². The van der Waals surface area contributed by atoms with E-state index >= 15 is 0 Å². The maximum absolute atomic E-state index is 13.2. The summed E-state index contributed by atoms with van der Waals surface area (Å²) >= 11 is 0. The fraction of sp³-hybridized carbons (Fsp3) is 0.154. The van der Waals surface area contributed by atoms with Gasteiger partial charge in [0, 0.05) is 14.2 Å². The monoisotopic (exact) mass is 456 g/mol. The molecule has 8 heteroatoms. The van der Waals surface area contributed by atoms with Gasteiger partial charge in [-0.1, -0.05) is 24.3 Å². The van der Waals surface area contributed by atoms with Crippen molar-refractivity contribution in [2.24, 2.45) is 0 Å². The highest BCUT2D eigenvalue weighted by atomic mass is 16.5. The zero-order valence-electron chi connectivity index (χ0n) is 18.5. The number of rotatable bonds is 6. The third-order valence-electron chi connectivity index (χ3n) is 5.85. The second-order valence-corrected chi connectivity index (χ2v) is 8.04. The van der Waals surface area contributed by atoms with E-state index < -0.39 is 22.2 Å². The lowest BCUT2D eigenvalue weighted by Gasteiger charge is -2.04. The molecule has 8 nitrogen and oxygen atoms in total. The van der Waals surface area contributed by atoms with Gasteiger partial charge in [0.05, 0.1) is 46.1 Å². The molecule has 0 bridgehead atoms. The average Bonchev–Trinajstić information content (AvgIpc) is 3.22. The summed E-state index contributed by atoms with van der Waals surface area (Å²) in [6.45, 7) is 0.658. The molecule has 2 aromatic heterocycles. The topological polar surface area (TPSA) is 96.6 Å². The number of nitrogens with zero attached hydrogens (tertiary/aromatic N) is 2. The highest BCUT2D eigenvalue weighted by Crippen LogP contribution is 2.18. The van der Waals surface area contributed by atoms with Gasteiger partial charge in [0.1, 0.15) is 0 Å². The van der Waals surface area contributed by atoms with Gasteiger partial charge in [0.15, 0.2) is 0 Å². The molecule has 5 rings (SSSR count). The van der Waals surface area contributed by atoms with Crippen molar-refractivity contribution >= 4 is 21.5 Å². The van der Waals surface area contributed by atoms with Crippen molar-refractivity contribution in [3.8, 4) is 11.4 Å². The first kappa shape index (κ1) is 21.7. The van der Waals surface area contributed by atoms with E-state index in [-0.39, 0.29) is 21.5 Å². The predicted octanol–water partition coefficient (Wildman–Crippen LogP) is 2.18. The summed E-state index contributed by atoms with van der Waals surface area (Å²) in [6.07, 6.45) is 0. The maximum atomic E-state index is 13.2. The summed E-state index contributed by atoms with van der Waals surface area (Å²) in [7, 11) is 3.11. The van der Waals surface area contributed by atoms with Gasteiger partial charge in [-0.2, -0.15) is 0 Å². The van der Waals surface area contributed by atoms with Crippen molar-refractivity contribution in [3.05, 3.63) is 113 Å². The van der Waals surface area contributed by atoms with E-state index in [1.54, 1.807) is 50.6 Å². The number of methoxy groups -OCH3 is 2. The molecule has 0 spiro atoms. The Morgan fingerprint density at radius 3 is 1.24 bits per heavy atom. The van der Waals surface area contributed by atoms with Crippen molar-refractivity contribution < 1.29 is 9.47 Å². The van der Waals surface area contributed by atoms with E-state index in [9.17, 15) is 19.2 Å². The SMILES string of the molecule is COCc1cccc(-n2c(=O)c3cc4c(=O)n(-c5cccc(COC)c5)c(=O)c4cc3c2=O)c1. The van der Waals surface area contributed by atoms with Crippen molar-refractivity contribution in [3.63, 3.8) is 0 Å². The molecular weight excluding hydrogens is 436 g/mol. The number of hydrogen-bond acceptors (Lipinski definition) is 6. The lowest BCUT2D eigenvalue weighted by atomic mass is 10.1. The Morgan fingerprint density at radius 1 is 0.559 bits per heavy atom. The molecule has 0 saturated heterocycles. The molecule has 0 saturated carbocycles. The van der Waals surface area contributed by atoms with Crippen LogP contribution in [0.3, 0.4) is 0 Å². The van der Waals surface area contributed by atoms with Crippen molar-refractivity contribution in [1.29, 1.82) is 0 Å². The van der Waals surface area contributed by atoms with E-state index in [0.717, 1.165) is 20.3 Å². The van der Waals surface area contributed by atoms with Gasteiger partial charge in [0.25, 0.3) is 22.2 Å². The summed E-state index contributed by atoms with van der Waals surface area (Å²) in [5.74, 6) is 0. The zero-order valence-corrected chi connectivity index (χ0v) is 18.5. The largest absolute Gasteiger partial charge is 0.380 e. The molecule has 0 amide bonds. The molecule has 5 aromatic rings. The van der Waals surface area contributed by atoms with Gasteiger partial charge in [-0.3, -0.25) is 19.2 Å². The van der Waals surface area contributed by atoms with Crippen LogP contribution in [0, 0.1) is 0 Å². The molecule has 0 aliphatic carbocycles. The van der Waals surface area contributed by atoms with Crippen LogP contribution in [-0.4, -0.2) is 23.4 Å². The van der Waals surface area contributed by atoms with Gasteiger partial charge >= 0.3 is 0 Å². The Bertz CT molecular complexity index is 1560. The Labute approximate surface area is 192 Å². The number of aromatic nitrogens is 2. The van der Waals surface area contributed by atoms with Crippen LogP contribution in [0.4, 0.5) is 0 Å². The van der Waals surface area contributed by atoms with Gasteiger partial charge in [0.2, 0.25) is 0 Å². The summed E-state index contributed by atoms with van der Waals surface area (Å²) in [4.78, 5) is 52.7. The lowest BCUT2D eigenvalue weighted by Crippen LogP contribution is -2.24. The molecule has 0 aliphatic rings. The van der Waals surface area contributed by atoms with E-state index in [2.05, 4.69) is 0 Å². The first-order valence-corrected chi connectivity index (χ1v) is 10.6. The summed E-state index contributed by atoms with van der Waals surface area (Å²) in [5.41, 5.74) is 0.226. The number of fused-ring (bicyclic) bond motifs is 2. The minimum absolute atomic E-state index is 0.0945. The van der Waals surface area contributed by atoms with Crippen LogP contribution in [0.1, 0.15) is 11.1 Å². The summed E-state index contributed by atoms with van der Waals surface area (Å²) in [5, 5.41) is 0.378. The van der Waals surface area contributed by atoms with Crippen LogP contribution >= 0.6 is 0 Å². The van der Waals surface area contributed by atoms with Crippen LogP contribution in [0.5, 0.6) is 0 Å². The first-order chi connectivity index (χ1) is 16.4. The Balaban J connectivity index is 1.74. The summed E-state index contributed by atoms with van der Waals surface area (Å²) < 4.78 is 12.4. The molecule has 3 aromatic carbocycles. The minimum atomic E-state index is -0.543.